The predicted octanol–water partition coefficient (Wildman–Crippen LogP) is 1.33. The van der Waals surface area contributed by atoms with Gasteiger partial charge in [0.1, 0.15) is 18.3 Å². The van der Waals surface area contributed by atoms with E-state index in [1.807, 2.05) is 0 Å². The van der Waals surface area contributed by atoms with Gasteiger partial charge in [-0.15, -0.1) is 0 Å². The number of halogens is 1. The monoisotopic (exact) mass is 277 g/mol. The van der Waals surface area contributed by atoms with E-state index in [0.717, 1.165) is 0 Å². The summed E-state index contributed by atoms with van der Waals surface area (Å²) in [7, 11) is 0. The van der Waals surface area contributed by atoms with Crippen molar-refractivity contribution < 1.29 is 9.18 Å². The van der Waals surface area contributed by atoms with Gasteiger partial charge in [0.2, 0.25) is 5.91 Å². The van der Waals surface area contributed by atoms with Crippen LogP contribution >= 0.6 is 0 Å². The molecular formula is C13H16FN5O. The van der Waals surface area contributed by atoms with Crippen LogP contribution in [0.1, 0.15) is 13.8 Å². The smallest absolute Gasteiger partial charge is 0.228 e. The standard InChI is InChI=1S/C13H16FN5O/c1-8(9(2)15)13(20)18-10-3-4-12(11(14)5-10)19-7-16-6-17-19/h3-9H,15H2,1-2H3,(H,18,20). The third-order valence-corrected chi connectivity index (χ3v) is 3.08. The van der Waals surface area contributed by atoms with Crippen LogP contribution in [-0.4, -0.2) is 26.7 Å². The first kappa shape index (κ1) is 14.1. The first-order chi connectivity index (χ1) is 9.49. The molecule has 0 spiro atoms. The van der Waals surface area contributed by atoms with Crippen LogP contribution in [-0.2, 0) is 4.79 Å². The van der Waals surface area contributed by atoms with Crippen LogP contribution in [0.15, 0.2) is 30.9 Å². The van der Waals surface area contributed by atoms with Crippen molar-refractivity contribution in [3.05, 3.63) is 36.7 Å². The molecule has 0 fully saturated rings. The molecule has 20 heavy (non-hydrogen) atoms. The van der Waals surface area contributed by atoms with Gasteiger partial charge in [-0.1, -0.05) is 6.92 Å². The Morgan fingerprint density at radius 3 is 2.75 bits per heavy atom. The average Bonchev–Trinajstić information content (AvgIpc) is 2.91. The summed E-state index contributed by atoms with van der Waals surface area (Å²) in [5.74, 6) is -1.09. The Balaban J connectivity index is 2.16. The number of nitrogens with one attached hydrogen (secondary N) is 1. The fourth-order valence-corrected chi connectivity index (χ4v) is 1.60. The molecule has 0 aliphatic carbocycles. The number of hydrogen-bond donors (Lipinski definition) is 2. The Morgan fingerprint density at radius 2 is 2.20 bits per heavy atom. The van der Waals surface area contributed by atoms with E-state index in [2.05, 4.69) is 15.4 Å². The van der Waals surface area contributed by atoms with Crippen molar-refractivity contribution in [2.24, 2.45) is 11.7 Å². The van der Waals surface area contributed by atoms with Crippen molar-refractivity contribution in [1.29, 1.82) is 0 Å². The van der Waals surface area contributed by atoms with Crippen molar-refractivity contribution in [2.45, 2.75) is 19.9 Å². The first-order valence-electron chi connectivity index (χ1n) is 6.20. The third kappa shape index (κ3) is 3.00. The predicted molar refractivity (Wildman–Crippen MR) is 72.8 cm³/mol. The molecular weight excluding hydrogens is 261 g/mol. The van der Waals surface area contributed by atoms with Crippen molar-refractivity contribution in [3.8, 4) is 5.69 Å². The lowest BCUT2D eigenvalue weighted by Crippen LogP contribution is -2.34. The second-order valence-electron chi connectivity index (χ2n) is 4.64. The number of aromatic nitrogens is 3. The van der Waals surface area contributed by atoms with Gasteiger partial charge >= 0.3 is 0 Å². The minimum absolute atomic E-state index is 0.243. The SMILES string of the molecule is CC(N)C(C)C(=O)Nc1ccc(-n2cncn2)c(F)c1. The number of hydrogen-bond acceptors (Lipinski definition) is 4. The van der Waals surface area contributed by atoms with Gasteiger partial charge in [0.25, 0.3) is 0 Å². The summed E-state index contributed by atoms with van der Waals surface area (Å²) in [6.07, 6.45) is 2.72. The van der Waals surface area contributed by atoms with Gasteiger partial charge < -0.3 is 11.1 Å². The van der Waals surface area contributed by atoms with Gasteiger partial charge in [-0.05, 0) is 25.1 Å². The van der Waals surface area contributed by atoms with E-state index in [4.69, 9.17) is 5.73 Å². The highest BCUT2D eigenvalue weighted by Gasteiger charge is 2.17. The van der Waals surface area contributed by atoms with Crippen LogP contribution in [0, 0.1) is 11.7 Å². The van der Waals surface area contributed by atoms with E-state index in [9.17, 15) is 9.18 Å². The quantitative estimate of drug-likeness (QED) is 0.882. The highest BCUT2D eigenvalue weighted by Crippen LogP contribution is 2.18. The third-order valence-electron chi connectivity index (χ3n) is 3.08. The van der Waals surface area contributed by atoms with E-state index in [0.29, 0.717) is 5.69 Å². The van der Waals surface area contributed by atoms with E-state index in [1.165, 1.54) is 29.5 Å². The summed E-state index contributed by atoms with van der Waals surface area (Å²) in [4.78, 5) is 15.6. The lowest BCUT2D eigenvalue weighted by Gasteiger charge is -2.15. The normalized spacial score (nSPS) is 13.8. The largest absolute Gasteiger partial charge is 0.327 e. The highest BCUT2D eigenvalue weighted by atomic mass is 19.1. The lowest BCUT2D eigenvalue weighted by molar-refractivity contribution is -0.119. The van der Waals surface area contributed by atoms with Crippen LogP contribution in [0.3, 0.4) is 0 Å². The van der Waals surface area contributed by atoms with E-state index in [-0.39, 0.29) is 23.6 Å². The van der Waals surface area contributed by atoms with Crippen molar-refractivity contribution in [1.82, 2.24) is 14.8 Å². The molecule has 0 bridgehead atoms. The summed E-state index contributed by atoms with van der Waals surface area (Å²) in [6, 6.07) is 4.10. The lowest BCUT2D eigenvalue weighted by atomic mass is 10.0. The summed E-state index contributed by atoms with van der Waals surface area (Å²) < 4.78 is 15.3. The average molecular weight is 277 g/mol. The Morgan fingerprint density at radius 1 is 1.45 bits per heavy atom. The summed E-state index contributed by atoms with van der Waals surface area (Å²) in [5.41, 5.74) is 6.30. The number of carbonyl (C=O) groups excluding carboxylic acids is 1. The topological polar surface area (TPSA) is 85.8 Å². The van der Waals surface area contributed by atoms with Crippen LogP contribution in [0.2, 0.25) is 0 Å². The maximum Gasteiger partial charge on any atom is 0.228 e. The van der Waals surface area contributed by atoms with Crippen LogP contribution in [0.25, 0.3) is 5.69 Å². The molecule has 0 saturated carbocycles. The van der Waals surface area contributed by atoms with E-state index in [1.54, 1.807) is 19.9 Å². The molecule has 3 N–H and O–H groups in total. The summed E-state index contributed by atoms with van der Waals surface area (Å²) >= 11 is 0. The highest BCUT2D eigenvalue weighted by molar-refractivity contribution is 5.92. The Bertz CT molecular complexity index is 597. The molecule has 6 nitrogen and oxygen atoms in total. The number of amides is 1. The first-order valence-corrected chi connectivity index (χ1v) is 6.20. The molecule has 1 aromatic heterocycles. The maximum absolute atomic E-state index is 14.0. The van der Waals surface area contributed by atoms with Gasteiger partial charge in [0.05, 0.1) is 5.92 Å². The van der Waals surface area contributed by atoms with Gasteiger partial charge in [-0.25, -0.2) is 14.1 Å². The molecule has 0 radical (unpaired) electrons. The van der Waals surface area contributed by atoms with Crippen LogP contribution in [0.4, 0.5) is 10.1 Å². The Labute approximate surface area is 115 Å². The zero-order valence-electron chi connectivity index (χ0n) is 11.2. The summed E-state index contributed by atoms with van der Waals surface area (Å²) in [6.45, 7) is 3.47. The van der Waals surface area contributed by atoms with E-state index < -0.39 is 5.82 Å². The fraction of sp³-hybridized carbons (Fsp3) is 0.308. The number of carbonyl (C=O) groups is 1. The second-order valence-corrected chi connectivity index (χ2v) is 4.64. The zero-order chi connectivity index (χ0) is 14.7. The number of anilines is 1. The molecule has 7 heteroatoms. The molecule has 1 aromatic carbocycles. The Hall–Kier alpha value is -2.28. The molecule has 2 aromatic rings. The molecule has 106 valence electrons. The van der Waals surface area contributed by atoms with Gasteiger partial charge in [0.15, 0.2) is 5.82 Å². The van der Waals surface area contributed by atoms with Gasteiger partial charge in [-0.2, -0.15) is 5.10 Å². The van der Waals surface area contributed by atoms with Gasteiger partial charge in [-0.3, -0.25) is 4.79 Å². The summed E-state index contributed by atoms with van der Waals surface area (Å²) in [5, 5.41) is 6.48. The van der Waals surface area contributed by atoms with Gasteiger partial charge in [0, 0.05) is 11.7 Å². The molecule has 2 rings (SSSR count). The molecule has 0 aliphatic heterocycles. The number of nitrogens with two attached hydrogens (primary N) is 1. The second kappa shape index (κ2) is 5.79. The van der Waals surface area contributed by atoms with Crippen molar-refractivity contribution >= 4 is 11.6 Å². The molecule has 2 atom stereocenters. The maximum atomic E-state index is 14.0. The number of benzene rings is 1. The Kier molecular flexibility index (Phi) is 4.09. The number of nitrogens with zero attached hydrogens (tertiary/aromatic N) is 3. The van der Waals surface area contributed by atoms with E-state index >= 15 is 0 Å². The van der Waals surface area contributed by atoms with Crippen LogP contribution < -0.4 is 11.1 Å². The molecule has 0 saturated heterocycles. The zero-order valence-corrected chi connectivity index (χ0v) is 11.2. The minimum atomic E-state index is -0.498. The van der Waals surface area contributed by atoms with Crippen molar-refractivity contribution in [3.63, 3.8) is 0 Å². The minimum Gasteiger partial charge on any atom is -0.327 e. The number of rotatable bonds is 4. The van der Waals surface area contributed by atoms with Crippen LogP contribution in [0.5, 0.6) is 0 Å². The fourth-order valence-electron chi connectivity index (χ4n) is 1.60. The molecule has 0 aliphatic rings. The molecule has 1 amide bonds. The van der Waals surface area contributed by atoms with Crippen molar-refractivity contribution in [2.75, 3.05) is 5.32 Å². The molecule has 1 heterocycles. The molecule has 2 unspecified atom stereocenters.